The van der Waals surface area contributed by atoms with Crippen molar-refractivity contribution in [1.29, 1.82) is 5.26 Å². The first kappa shape index (κ1) is 17.7. The predicted molar refractivity (Wildman–Crippen MR) is 89.2 cm³/mol. The highest BCUT2D eigenvalue weighted by Gasteiger charge is 2.12. The van der Waals surface area contributed by atoms with E-state index < -0.39 is 0 Å². The normalized spacial score (nSPS) is 11.1. The third-order valence-corrected chi connectivity index (χ3v) is 4.05. The minimum absolute atomic E-state index is 0.000566. The standard InChI is InChI=1S/C17H24N4O/c1-11-8-17(16(9-18)13(3)12(11)2)19-14(4)20(6)10-21(7)15(5)22/h8H,10H2,1-7H3. The van der Waals surface area contributed by atoms with Gasteiger partial charge in [0.05, 0.1) is 17.9 Å². The summed E-state index contributed by atoms with van der Waals surface area (Å²) in [6, 6.07) is 4.18. The highest BCUT2D eigenvalue weighted by atomic mass is 16.2. The van der Waals surface area contributed by atoms with Gasteiger partial charge in [-0.05, 0) is 50.5 Å². The Bertz CT molecular complexity index is 656. The average molecular weight is 300 g/mol. The highest BCUT2D eigenvalue weighted by molar-refractivity contribution is 5.84. The van der Waals surface area contributed by atoms with E-state index in [1.165, 1.54) is 6.92 Å². The van der Waals surface area contributed by atoms with E-state index in [0.717, 1.165) is 22.5 Å². The minimum Gasteiger partial charge on any atom is -0.346 e. The molecule has 118 valence electrons. The lowest BCUT2D eigenvalue weighted by Gasteiger charge is -2.25. The van der Waals surface area contributed by atoms with Gasteiger partial charge in [-0.2, -0.15) is 5.26 Å². The van der Waals surface area contributed by atoms with Crippen molar-refractivity contribution < 1.29 is 4.79 Å². The van der Waals surface area contributed by atoms with E-state index in [1.54, 1.807) is 11.9 Å². The Kier molecular flexibility index (Phi) is 5.69. The number of amides is 1. The van der Waals surface area contributed by atoms with Crippen LogP contribution in [0.5, 0.6) is 0 Å². The molecule has 0 heterocycles. The smallest absolute Gasteiger partial charge is 0.220 e. The van der Waals surface area contributed by atoms with Gasteiger partial charge in [-0.25, -0.2) is 4.99 Å². The topological polar surface area (TPSA) is 59.7 Å². The van der Waals surface area contributed by atoms with E-state index in [1.807, 2.05) is 45.7 Å². The Morgan fingerprint density at radius 2 is 1.77 bits per heavy atom. The Balaban J connectivity index is 3.17. The van der Waals surface area contributed by atoms with E-state index in [2.05, 4.69) is 11.1 Å². The van der Waals surface area contributed by atoms with Gasteiger partial charge in [0.1, 0.15) is 11.9 Å². The highest BCUT2D eigenvalue weighted by Crippen LogP contribution is 2.27. The second kappa shape index (κ2) is 7.08. The Morgan fingerprint density at radius 1 is 1.18 bits per heavy atom. The lowest BCUT2D eigenvalue weighted by Crippen LogP contribution is -2.38. The summed E-state index contributed by atoms with van der Waals surface area (Å²) in [6.45, 7) is 9.84. The Morgan fingerprint density at radius 3 is 2.27 bits per heavy atom. The molecule has 0 bridgehead atoms. The van der Waals surface area contributed by atoms with Crippen molar-refractivity contribution in [3.63, 3.8) is 0 Å². The fraction of sp³-hybridized carbons (Fsp3) is 0.471. The molecular formula is C17H24N4O. The summed E-state index contributed by atoms with van der Waals surface area (Å²) in [5.41, 5.74) is 4.50. The zero-order chi connectivity index (χ0) is 17.0. The molecule has 1 aromatic carbocycles. The monoisotopic (exact) mass is 300 g/mol. The number of rotatable bonds is 3. The maximum absolute atomic E-state index is 11.3. The first-order valence-electron chi connectivity index (χ1n) is 7.18. The molecule has 0 fully saturated rings. The van der Waals surface area contributed by atoms with E-state index >= 15 is 0 Å². The molecule has 0 spiro atoms. The Labute approximate surface area is 132 Å². The number of nitrogens with zero attached hydrogens (tertiary/aromatic N) is 4. The van der Waals surface area contributed by atoms with Crippen molar-refractivity contribution in [3.05, 3.63) is 28.3 Å². The number of carbonyl (C=O) groups excluding carboxylic acids is 1. The minimum atomic E-state index is -0.000566. The van der Waals surface area contributed by atoms with Crippen LogP contribution in [0.1, 0.15) is 36.1 Å². The van der Waals surface area contributed by atoms with Crippen molar-refractivity contribution in [2.24, 2.45) is 4.99 Å². The molecule has 1 rings (SSSR count). The van der Waals surface area contributed by atoms with Crippen LogP contribution >= 0.6 is 0 Å². The first-order chi connectivity index (χ1) is 10.2. The fourth-order valence-electron chi connectivity index (χ4n) is 2.07. The van der Waals surface area contributed by atoms with Gasteiger partial charge in [0.25, 0.3) is 0 Å². The molecule has 0 aliphatic rings. The second-order valence-electron chi connectivity index (χ2n) is 5.66. The third kappa shape index (κ3) is 3.85. The molecule has 0 N–H and O–H groups in total. The van der Waals surface area contributed by atoms with E-state index in [9.17, 15) is 10.1 Å². The van der Waals surface area contributed by atoms with Gasteiger partial charge in [0, 0.05) is 21.0 Å². The van der Waals surface area contributed by atoms with Crippen LogP contribution in [0.2, 0.25) is 0 Å². The Hall–Kier alpha value is -2.35. The van der Waals surface area contributed by atoms with Crippen molar-refractivity contribution >= 4 is 17.4 Å². The molecule has 1 amide bonds. The number of benzene rings is 1. The molecular weight excluding hydrogens is 276 g/mol. The molecule has 0 unspecified atom stereocenters. The summed E-state index contributed by atoms with van der Waals surface area (Å²) >= 11 is 0. The SMILES string of the molecule is CC(=O)N(C)CN(C)C(C)=Nc1cc(C)c(C)c(C)c1C#N. The van der Waals surface area contributed by atoms with Gasteiger partial charge in [0.15, 0.2) is 0 Å². The molecule has 0 aromatic heterocycles. The van der Waals surface area contributed by atoms with E-state index in [4.69, 9.17) is 0 Å². The summed E-state index contributed by atoms with van der Waals surface area (Å²) in [7, 11) is 3.62. The second-order valence-corrected chi connectivity index (χ2v) is 5.66. The van der Waals surface area contributed by atoms with Gasteiger partial charge >= 0.3 is 0 Å². The van der Waals surface area contributed by atoms with Gasteiger partial charge in [-0.1, -0.05) is 0 Å². The molecule has 1 aromatic rings. The zero-order valence-electron chi connectivity index (χ0n) is 14.5. The molecule has 5 nitrogen and oxygen atoms in total. The van der Waals surface area contributed by atoms with Crippen LogP contribution in [0.3, 0.4) is 0 Å². The molecule has 0 saturated heterocycles. The van der Waals surface area contributed by atoms with Crippen molar-refractivity contribution in [1.82, 2.24) is 9.80 Å². The number of aliphatic imine (C=N–C) groups is 1. The van der Waals surface area contributed by atoms with Crippen LogP contribution in [-0.2, 0) is 4.79 Å². The lowest BCUT2D eigenvalue weighted by atomic mass is 9.98. The number of nitriles is 1. The fourth-order valence-corrected chi connectivity index (χ4v) is 2.07. The predicted octanol–water partition coefficient (Wildman–Crippen LogP) is 2.90. The summed E-state index contributed by atoms with van der Waals surface area (Å²) in [5, 5.41) is 9.40. The van der Waals surface area contributed by atoms with Crippen LogP contribution in [-0.4, -0.2) is 42.3 Å². The van der Waals surface area contributed by atoms with Gasteiger partial charge in [0.2, 0.25) is 5.91 Å². The molecule has 0 aliphatic carbocycles. The maximum Gasteiger partial charge on any atom is 0.220 e. The first-order valence-corrected chi connectivity index (χ1v) is 7.18. The van der Waals surface area contributed by atoms with Crippen molar-refractivity contribution in [3.8, 4) is 6.07 Å². The maximum atomic E-state index is 11.3. The summed E-state index contributed by atoms with van der Waals surface area (Å²) < 4.78 is 0. The summed E-state index contributed by atoms with van der Waals surface area (Å²) in [6.07, 6.45) is 0. The van der Waals surface area contributed by atoms with Crippen molar-refractivity contribution in [2.75, 3.05) is 20.8 Å². The van der Waals surface area contributed by atoms with Gasteiger partial charge in [-0.3, -0.25) is 4.79 Å². The quantitative estimate of drug-likeness (QED) is 0.490. The van der Waals surface area contributed by atoms with Crippen LogP contribution in [0, 0.1) is 32.1 Å². The number of aryl methyl sites for hydroxylation is 1. The third-order valence-electron chi connectivity index (χ3n) is 4.05. The summed E-state index contributed by atoms with van der Waals surface area (Å²) in [4.78, 5) is 19.4. The largest absolute Gasteiger partial charge is 0.346 e. The molecule has 5 heteroatoms. The summed E-state index contributed by atoms with van der Waals surface area (Å²) in [5.74, 6) is 0.756. The number of amidine groups is 1. The van der Waals surface area contributed by atoms with Crippen LogP contribution in [0.25, 0.3) is 0 Å². The van der Waals surface area contributed by atoms with Gasteiger partial charge < -0.3 is 9.80 Å². The van der Waals surface area contributed by atoms with E-state index in [-0.39, 0.29) is 5.91 Å². The van der Waals surface area contributed by atoms with Gasteiger partial charge in [-0.15, -0.1) is 0 Å². The van der Waals surface area contributed by atoms with Crippen LogP contribution in [0.4, 0.5) is 5.69 Å². The van der Waals surface area contributed by atoms with Crippen LogP contribution < -0.4 is 0 Å². The lowest BCUT2D eigenvalue weighted by molar-refractivity contribution is -0.128. The van der Waals surface area contributed by atoms with E-state index in [0.29, 0.717) is 17.9 Å². The molecule has 0 saturated carbocycles. The number of hydrogen-bond acceptors (Lipinski definition) is 3. The molecule has 0 radical (unpaired) electrons. The number of hydrogen-bond donors (Lipinski definition) is 0. The average Bonchev–Trinajstić information content (AvgIpc) is 2.44. The number of carbonyl (C=O) groups is 1. The van der Waals surface area contributed by atoms with Crippen molar-refractivity contribution in [2.45, 2.75) is 34.6 Å². The zero-order valence-corrected chi connectivity index (χ0v) is 14.5. The van der Waals surface area contributed by atoms with Crippen LogP contribution in [0.15, 0.2) is 11.1 Å². The molecule has 0 aliphatic heterocycles. The molecule has 22 heavy (non-hydrogen) atoms. The molecule has 0 atom stereocenters.